The summed E-state index contributed by atoms with van der Waals surface area (Å²) in [4.78, 5) is 4.43. The van der Waals surface area contributed by atoms with Crippen LogP contribution in [0.2, 0.25) is 0 Å². The number of benzene rings is 2. The SMILES string of the molecule is COc1ccc(Nc2cnnc(Nc3ccc(Br)cc3C)n2)cc1. The molecular weight excluding hydrogens is 370 g/mol. The fourth-order valence-corrected chi connectivity index (χ4v) is 2.60. The van der Waals surface area contributed by atoms with Crippen molar-refractivity contribution in [2.24, 2.45) is 0 Å². The molecule has 3 aromatic rings. The molecule has 0 atom stereocenters. The minimum Gasteiger partial charge on any atom is -0.497 e. The van der Waals surface area contributed by atoms with Gasteiger partial charge in [0, 0.05) is 15.8 Å². The smallest absolute Gasteiger partial charge is 0.249 e. The van der Waals surface area contributed by atoms with Gasteiger partial charge in [-0.05, 0) is 55.0 Å². The third-order valence-corrected chi connectivity index (χ3v) is 3.85. The van der Waals surface area contributed by atoms with Gasteiger partial charge in [0.1, 0.15) is 5.75 Å². The largest absolute Gasteiger partial charge is 0.497 e. The lowest BCUT2D eigenvalue weighted by Crippen LogP contribution is -2.03. The monoisotopic (exact) mass is 385 g/mol. The number of nitrogens with one attached hydrogen (secondary N) is 2. The molecule has 0 spiro atoms. The third kappa shape index (κ3) is 3.99. The maximum atomic E-state index is 5.15. The maximum absolute atomic E-state index is 5.15. The number of ether oxygens (including phenoxy) is 1. The average Bonchev–Trinajstić information content (AvgIpc) is 2.58. The number of hydrogen-bond acceptors (Lipinski definition) is 6. The summed E-state index contributed by atoms with van der Waals surface area (Å²) in [5, 5.41) is 14.4. The van der Waals surface area contributed by atoms with Gasteiger partial charge >= 0.3 is 0 Å². The second-order valence-electron chi connectivity index (χ2n) is 5.10. The normalized spacial score (nSPS) is 10.3. The second-order valence-corrected chi connectivity index (χ2v) is 6.02. The molecule has 0 saturated carbocycles. The fraction of sp³-hybridized carbons (Fsp3) is 0.118. The van der Waals surface area contributed by atoms with E-state index in [1.54, 1.807) is 13.3 Å². The molecule has 0 amide bonds. The number of aromatic nitrogens is 3. The van der Waals surface area contributed by atoms with E-state index < -0.39 is 0 Å². The molecular formula is C17H16BrN5O. The van der Waals surface area contributed by atoms with Crippen molar-refractivity contribution in [2.45, 2.75) is 6.92 Å². The molecule has 3 rings (SSSR count). The van der Waals surface area contributed by atoms with E-state index in [-0.39, 0.29) is 0 Å². The van der Waals surface area contributed by atoms with Crippen LogP contribution < -0.4 is 15.4 Å². The van der Waals surface area contributed by atoms with Gasteiger partial charge in [-0.3, -0.25) is 0 Å². The highest BCUT2D eigenvalue weighted by Crippen LogP contribution is 2.23. The Kier molecular flexibility index (Phi) is 4.90. The number of aryl methyl sites for hydroxylation is 1. The van der Waals surface area contributed by atoms with Gasteiger partial charge in [-0.1, -0.05) is 15.9 Å². The minimum absolute atomic E-state index is 0.430. The number of halogens is 1. The van der Waals surface area contributed by atoms with Crippen LogP contribution >= 0.6 is 15.9 Å². The van der Waals surface area contributed by atoms with Gasteiger partial charge in [-0.15, -0.1) is 5.10 Å². The van der Waals surface area contributed by atoms with Gasteiger partial charge in [0.05, 0.1) is 13.3 Å². The molecule has 2 N–H and O–H groups in total. The molecule has 122 valence electrons. The summed E-state index contributed by atoms with van der Waals surface area (Å²) in [5.41, 5.74) is 2.91. The molecule has 0 aliphatic rings. The standard InChI is InChI=1S/C17H16BrN5O/c1-11-9-12(18)3-8-15(11)21-17-22-16(10-19-23-17)20-13-4-6-14(24-2)7-5-13/h3-10H,1-2H3,(H2,20,21,22,23). The van der Waals surface area contributed by atoms with Crippen molar-refractivity contribution in [2.75, 3.05) is 17.7 Å². The van der Waals surface area contributed by atoms with Gasteiger partial charge in [0.25, 0.3) is 0 Å². The Hall–Kier alpha value is -2.67. The summed E-state index contributed by atoms with van der Waals surface area (Å²) < 4.78 is 6.17. The first kappa shape index (κ1) is 16.2. The van der Waals surface area contributed by atoms with E-state index in [0.29, 0.717) is 11.8 Å². The molecule has 0 fully saturated rings. The van der Waals surface area contributed by atoms with Gasteiger partial charge < -0.3 is 15.4 Å². The lowest BCUT2D eigenvalue weighted by molar-refractivity contribution is 0.415. The Morgan fingerprint density at radius 1 is 1.04 bits per heavy atom. The zero-order valence-electron chi connectivity index (χ0n) is 13.2. The lowest BCUT2D eigenvalue weighted by atomic mass is 10.2. The predicted molar refractivity (Wildman–Crippen MR) is 98.3 cm³/mol. The van der Waals surface area contributed by atoms with E-state index in [9.17, 15) is 0 Å². The second kappa shape index (κ2) is 7.27. The number of methoxy groups -OCH3 is 1. The molecule has 0 bridgehead atoms. The molecule has 1 heterocycles. The van der Waals surface area contributed by atoms with Crippen molar-refractivity contribution in [1.29, 1.82) is 0 Å². The average molecular weight is 386 g/mol. The summed E-state index contributed by atoms with van der Waals surface area (Å²) in [6, 6.07) is 13.5. The van der Waals surface area contributed by atoms with Crippen molar-refractivity contribution >= 4 is 39.1 Å². The van der Waals surface area contributed by atoms with Crippen LogP contribution in [-0.2, 0) is 0 Å². The number of anilines is 4. The van der Waals surface area contributed by atoms with Gasteiger partial charge in [-0.2, -0.15) is 10.1 Å². The van der Waals surface area contributed by atoms with Crippen LogP contribution in [-0.4, -0.2) is 22.3 Å². The Bertz CT molecular complexity index is 839. The summed E-state index contributed by atoms with van der Waals surface area (Å²) in [6.45, 7) is 2.01. The quantitative estimate of drug-likeness (QED) is 0.676. The topological polar surface area (TPSA) is 72.0 Å². The van der Waals surface area contributed by atoms with E-state index >= 15 is 0 Å². The van der Waals surface area contributed by atoms with Gasteiger partial charge in [0.15, 0.2) is 5.82 Å². The highest BCUT2D eigenvalue weighted by Gasteiger charge is 2.05. The fourth-order valence-electron chi connectivity index (χ4n) is 2.13. The molecule has 0 saturated heterocycles. The highest BCUT2D eigenvalue weighted by molar-refractivity contribution is 9.10. The third-order valence-electron chi connectivity index (χ3n) is 3.36. The van der Waals surface area contributed by atoms with E-state index in [2.05, 4.69) is 41.7 Å². The van der Waals surface area contributed by atoms with Crippen molar-refractivity contribution in [3.05, 3.63) is 58.7 Å². The highest BCUT2D eigenvalue weighted by atomic mass is 79.9. The molecule has 6 nitrogen and oxygen atoms in total. The summed E-state index contributed by atoms with van der Waals surface area (Å²) >= 11 is 3.45. The predicted octanol–water partition coefficient (Wildman–Crippen LogP) is 4.44. The van der Waals surface area contributed by atoms with Crippen molar-refractivity contribution in [3.8, 4) is 5.75 Å². The van der Waals surface area contributed by atoms with Crippen LogP contribution in [0, 0.1) is 6.92 Å². The molecule has 0 unspecified atom stereocenters. The van der Waals surface area contributed by atoms with Gasteiger partial charge in [0.2, 0.25) is 5.95 Å². The zero-order chi connectivity index (χ0) is 16.9. The Labute approximate surface area is 148 Å². The van der Waals surface area contributed by atoms with Crippen LogP contribution in [0.25, 0.3) is 0 Å². The Morgan fingerprint density at radius 3 is 2.54 bits per heavy atom. The van der Waals surface area contributed by atoms with Crippen molar-refractivity contribution in [1.82, 2.24) is 15.2 Å². The van der Waals surface area contributed by atoms with Crippen LogP contribution in [0.3, 0.4) is 0 Å². The molecule has 0 aliphatic carbocycles. The van der Waals surface area contributed by atoms with Gasteiger partial charge in [-0.25, -0.2) is 0 Å². The van der Waals surface area contributed by atoms with E-state index in [0.717, 1.165) is 27.2 Å². The van der Waals surface area contributed by atoms with Crippen LogP contribution in [0.1, 0.15) is 5.56 Å². The minimum atomic E-state index is 0.430. The summed E-state index contributed by atoms with van der Waals surface area (Å²) in [6.07, 6.45) is 1.57. The number of hydrogen-bond donors (Lipinski definition) is 2. The molecule has 1 aromatic heterocycles. The van der Waals surface area contributed by atoms with E-state index in [1.165, 1.54) is 0 Å². The molecule has 2 aromatic carbocycles. The Morgan fingerprint density at radius 2 is 1.83 bits per heavy atom. The first-order valence-corrected chi connectivity index (χ1v) is 8.07. The molecule has 7 heteroatoms. The number of nitrogens with zero attached hydrogens (tertiary/aromatic N) is 3. The molecule has 24 heavy (non-hydrogen) atoms. The van der Waals surface area contributed by atoms with Crippen LogP contribution in [0.15, 0.2) is 53.1 Å². The first-order chi connectivity index (χ1) is 11.6. The first-order valence-electron chi connectivity index (χ1n) is 7.28. The van der Waals surface area contributed by atoms with Crippen molar-refractivity contribution < 1.29 is 4.74 Å². The summed E-state index contributed by atoms with van der Waals surface area (Å²) in [7, 11) is 1.64. The van der Waals surface area contributed by atoms with E-state index in [4.69, 9.17) is 4.74 Å². The Balaban J connectivity index is 1.75. The lowest BCUT2D eigenvalue weighted by Gasteiger charge is -2.10. The molecule has 0 aliphatic heterocycles. The zero-order valence-corrected chi connectivity index (χ0v) is 14.8. The summed E-state index contributed by atoms with van der Waals surface area (Å²) in [5.74, 6) is 1.83. The van der Waals surface area contributed by atoms with Crippen LogP contribution in [0.5, 0.6) is 5.75 Å². The van der Waals surface area contributed by atoms with Crippen LogP contribution in [0.4, 0.5) is 23.1 Å². The molecule has 0 radical (unpaired) electrons. The van der Waals surface area contributed by atoms with Crippen molar-refractivity contribution in [3.63, 3.8) is 0 Å². The number of rotatable bonds is 5. The van der Waals surface area contributed by atoms with E-state index in [1.807, 2.05) is 49.4 Å². The maximum Gasteiger partial charge on any atom is 0.249 e.